The molecule has 0 saturated carbocycles. The van der Waals surface area contributed by atoms with Crippen LogP contribution in [0.25, 0.3) is 33.2 Å². The van der Waals surface area contributed by atoms with E-state index >= 15 is 0 Å². The van der Waals surface area contributed by atoms with Gasteiger partial charge in [-0.2, -0.15) is 5.21 Å². The number of carbonyl (C=O) groups is 1. The molecular weight excluding hydrogens is 412 g/mol. The summed E-state index contributed by atoms with van der Waals surface area (Å²) < 4.78 is 2.29. The van der Waals surface area contributed by atoms with Crippen LogP contribution < -0.4 is 5.32 Å². The summed E-state index contributed by atoms with van der Waals surface area (Å²) in [6.07, 6.45) is 2.02. The van der Waals surface area contributed by atoms with Crippen molar-refractivity contribution in [2.24, 2.45) is 0 Å². The highest BCUT2D eigenvalue weighted by atomic mass is 16.1. The van der Waals surface area contributed by atoms with Crippen LogP contribution in [0.5, 0.6) is 0 Å². The normalized spacial score (nSPS) is 12.3. The zero-order valence-electron chi connectivity index (χ0n) is 18.7. The number of rotatable bonds is 7. The highest BCUT2D eigenvalue weighted by molar-refractivity contribution is 6.09. The van der Waals surface area contributed by atoms with Gasteiger partial charge in [0.1, 0.15) is 0 Å². The van der Waals surface area contributed by atoms with Crippen molar-refractivity contribution in [3.8, 4) is 11.4 Å². The first-order chi connectivity index (χ1) is 16.1. The maximum atomic E-state index is 12.7. The molecule has 5 aromatic rings. The Balaban J connectivity index is 1.52. The highest BCUT2D eigenvalue weighted by Gasteiger charge is 2.14. The lowest BCUT2D eigenvalue weighted by atomic mass is 10.1. The maximum absolute atomic E-state index is 12.7. The molecule has 2 N–H and O–H groups in total. The summed E-state index contributed by atoms with van der Waals surface area (Å²) in [6, 6.07) is 22.6. The Labute approximate surface area is 191 Å². The van der Waals surface area contributed by atoms with Crippen molar-refractivity contribution in [3.05, 3.63) is 77.9 Å². The molecule has 0 fully saturated rings. The Hall–Kier alpha value is -4.00. The third kappa shape index (κ3) is 4.09. The number of hydrogen-bond acceptors (Lipinski definition) is 4. The number of nitrogens with zero attached hydrogens (tertiary/aromatic N) is 4. The average Bonchev–Trinajstić information content (AvgIpc) is 3.47. The molecule has 0 bridgehead atoms. The molecular formula is C26H26N6O. The molecule has 0 radical (unpaired) electrons. The minimum atomic E-state index is -0.0234. The van der Waals surface area contributed by atoms with Gasteiger partial charge < -0.3 is 9.88 Å². The van der Waals surface area contributed by atoms with Gasteiger partial charge in [0.05, 0.1) is 0 Å². The standard InChI is InChI=1S/C26H26N6O/c1-3-7-17(2)27-26(33)20-9-6-8-18(14-20)16-32-23-11-5-4-10-21(23)22-15-19(12-13-24(22)32)25-28-30-31-29-25/h4-6,8-15,17H,3,7,16H2,1-2H3,(H,27,33)(H,28,29,30,31). The fourth-order valence-corrected chi connectivity index (χ4v) is 4.45. The molecule has 0 saturated heterocycles. The SMILES string of the molecule is CCCC(C)NC(=O)c1cccc(Cn2c3ccccc3c3cc(-c4nn[nH]n4)ccc32)c1. The number of aromatic nitrogens is 5. The van der Waals surface area contributed by atoms with E-state index in [2.05, 4.69) is 79.9 Å². The summed E-state index contributed by atoms with van der Waals surface area (Å²) in [4.78, 5) is 12.7. The molecule has 7 nitrogen and oxygen atoms in total. The Bertz CT molecular complexity index is 1420. The van der Waals surface area contributed by atoms with Gasteiger partial charge in [0, 0.05) is 45.5 Å². The van der Waals surface area contributed by atoms with Gasteiger partial charge in [0.2, 0.25) is 5.82 Å². The van der Waals surface area contributed by atoms with Crippen molar-refractivity contribution in [1.82, 2.24) is 30.5 Å². The Morgan fingerprint density at radius 2 is 1.88 bits per heavy atom. The lowest BCUT2D eigenvalue weighted by Crippen LogP contribution is -2.32. The van der Waals surface area contributed by atoms with Crippen molar-refractivity contribution in [2.45, 2.75) is 39.3 Å². The van der Waals surface area contributed by atoms with E-state index in [0.29, 0.717) is 17.9 Å². The molecule has 0 aliphatic carbocycles. The van der Waals surface area contributed by atoms with Crippen LogP contribution in [0, 0.1) is 0 Å². The molecule has 7 heteroatoms. The first kappa shape index (κ1) is 20.9. The minimum absolute atomic E-state index is 0.0234. The van der Waals surface area contributed by atoms with Crippen LogP contribution in [0.4, 0.5) is 0 Å². The van der Waals surface area contributed by atoms with Gasteiger partial charge in [-0.05, 0) is 60.5 Å². The molecule has 0 aliphatic heterocycles. The number of hydrogen-bond donors (Lipinski definition) is 2. The molecule has 0 spiro atoms. The number of tetrazole rings is 1. The number of H-pyrrole nitrogens is 1. The number of amides is 1. The topological polar surface area (TPSA) is 88.5 Å². The summed E-state index contributed by atoms with van der Waals surface area (Å²) >= 11 is 0. The number of carbonyl (C=O) groups excluding carboxylic acids is 1. The van der Waals surface area contributed by atoms with E-state index in [1.807, 2.05) is 31.2 Å². The molecule has 1 atom stereocenters. The van der Waals surface area contributed by atoms with Gasteiger partial charge in [-0.3, -0.25) is 4.79 Å². The molecule has 1 unspecified atom stereocenters. The lowest BCUT2D eigenvalue weighted by Gasteiger charge is -2.14. The van der Waals surface area contributed by atoms with Crippen LogP contribution >= 0.6 is 0 Å². The minimum Gasteiger partial charge on any atom is -0.350 e. The predicted octanol–water partition coefficient (Wildman–Crippen LogP) is 4.94. The van der Waals surface area contributed by atoms with Crippen LogP contribution in [0.3, 0.4) is 0 Å². The van der Waals surface area contributed by atoms with Gasteiger partial charge >= 0.3 is 0 Å². The molecule has 166 valence electrons. The molecule has 2 aromatic heterocycles. The summed E-state index contributed by atoms with van der Waals surface area (Å²) in [5.74, 6) is 0.550. The number of aromatic amines is 1. The van der Waals surface area contributed by atoms with Crippen molar-refractivity contribution in [2.75, 3.05) is 0 Å². The van der Waals surface area contributed by atoms with Crippen LogP contribution in [0.2, 0.25) is 0 Å². The van der Waals surface area contributed by atoms with Crippen molar-refractivity contribution >= 4 is 27.7 Å². The smallest absolute Gasteiger partial charge is 0.251 e. The molecule has 2 heterocycles. The van der Waals surface area contributed by atoms with E-state index < -0.39 is 0 Å². The quantitative estimate of drug-likeness (QED) is 0.377. The van der Waals surface area contributed by atoms with E-state index in [0.717, 1.165) is 40.4 Å². The molecule has 3 aromatic carbocycles. The van der Waals surface area contributed by atoms with Crippen LogP contribution in [-0.4, -0.2) is 37.1 Å². The van der Waals surface area contributed by atoms with Crippen LogP contribution in [0.15, 0.2) is 66.7 Å². The molecule has 0 aliphatic rings. The van der Waals surface area contributed by atoms with Gasteiger partial charge in [-0.25, -0.2) is 0 Å². The summed E-state index contributed by atoms with van der Waals surface area (Å²) in [7, 11) is 0. The maximum Gasteiger partial charge on any atom is 0.251 e. The third-order valence-electron chi connectivity index (χ3n) is 6.00. The number of benzene rings is 3. The molecule has 5 rings (SSSR count). The summed E-state index contributed by atoms with van der Waals surface area (Å²) in [6.45, 7) is 4.84. The number of para-hydroxylation sites is 1. The first-order valence-corrected chi connectivity index (χ1v) is 11.3. The number of nitrogens with one attached hydrogen (secondary N) is 2. The Morgan fingerprint density at radius 3 is 2.70 bits per heavy atom. The number of fused-ring (bicyclic) bond motifs is 3. The van der Waals surface area contributed by atoms with Gasteiger partial charge in [-0.15, -0.1) is 10.2 Å². The van der Waals surface area contributed by atoms with E-state index in [4.69, 9.17) is 0 Å². The zero-order valence-corrected chi connectivity index (χ0v) is 18.7. The van der Waals surface area contributed by atoms with Crippen molar-refractivity contribution in [3.63, 3.8) is 0 Å². The predicted molar refractivity (Wildman–Crippen MR) is 130 cm³/mol. The van der Waals surface area contributed by atoms with Gasteiger partial charge in [-0.1, -0.05) is 43.7 Å². The van der Waals surface area contributed by atoms with Crippen LogP contribution in [-0.2, 0) is 6.54 Å². The van der Waals surface area contributed by atoms with Crippen LogP contribution in [0.1, 0.15) is 42.6 Å². The average molecular weight is 439 g/mol. The summed E-state index contributed by atoms with van der Waals surface area (Å²) in [5.41, 5.74) is 4.95. The Morgan fingerprint density at radius 1 is 1.03 bits per heavy atom. The van der Waals surface area contributed by atoms with Gasteiger partial charge in [0.25, 0.3) is 5.91 Å². The highest BCUT2D eigenvalue weighted by Crippen LogP contribution is 2.32. The van der Waals surface area contributed by atoms with E-state index in [1.165, 1.54) is 5.39 Å². The van der Waals surface area contributed by atoms with E-state index in [-0.39, 0.29) is 11.9 Å². The van der Waals surface area contributed by atoms with E-state index in [9.17, 15) is 4.79 Å². The third-order valence-corrected chi connectivity index (χ3v) is 6.00. The van der Waals surface area contributed by atoms with Crippen molar-refractivity contribution < 1.29 is 4.79 Å². The second-order valence-corrected chi connectivity index (χ2v) is 8.43. The monoisotopic (exact) mass is 438 g/mol. The second kappa shape index (κ2) is 8.86. The summed E-state index contributed by atoms with van der Waals surface area (Å²) in [5, 5.41) is 19.8. The second-order valence-electron chi connectivity index (χ2n) is 8.43. The Kier molecular flexibility index (Phi) is 5.60. The van der Waals surface area contributed by atoms with Crippen molar-refractivity contribution in [1.29, 1.82) is 0 Å². The lowest BCUT2D eigenvalue weighted by molar-refractivity contribution is 0.0938. The zero-order chi connectivity index (χ0) is 22.8. The van der Waals surface area contributed by atoms with Gasteiger partial charge in [0.15, 0.2) is 0 Å². The first-order valence-electron chi connectivity index (χ1n) is 11.3. The fraction of sp³-hybridized carbons (Fsp3) is 0.231. The molecule has 33 heavy (non-hydrogen) atoms. The fourth-order valence-electron chi connectivity index (χ4n) is 4.45. The molecule has 1 amide bonds. The largest absolute Gasteiger partial charge is 0.350 e. The van der Waals surface area contributed by atoms with E-state index in [1.54, 1.807) is 0 Å².